The molecule has 0 spiro atoms. The lowest BCUT2D eigenvalue weighted by atomic mass is 9.65. The smallest absolute Gasteiger partial charge is 0.416 e. The fraction of sp³-hybridized carbons (Fsp3) is 0.222. The van der Waals surface area contributed by atoms with E-state index < -0.39 is 75.4 Å². The van der Waals surface area contributed by atoms with Crippen molar-refractivity contribution in [2.45, 2.75) is 12.4 Å². The highest BCUT2D eigenvalue weighted by Crippen LogP contribution is 2.51. The minimum Gasteiger partial charge on any atom is -0.481 e. The first-order valence-corrected chi connectivity index (χ1v) is 8.10. The fourth-order valence-corrected chi connectivity index (χ4v) is 3.20. The number of hydrogen-bond donors (Lipinski definition) is 4. The first-order valence-electron chi connectivity index (χ1n) is 8.10. The van der Waals surface area contributed by atoms with E-state index in [0.29, 0.717) is 6.07 Å². The lowest BCUT2D eigenvalue weighted by Gasteiger charge is -2.35. The fourth-order valence-electron chi connectivity index (χ4n) is 3.20. The molecule has 1 aromatic rings. The summed E-state index contributed by atoms with van der Waals surface area (Å²) in [5.74, 6) is -12.5. The molecule has 1 unspecified atom stereocenters. The standard InChI is InChI=1S/C18H10F6O8/c19-17(20,21)9-2-6(1-8(3-9)12(25)26)7-4-10(13(27)28)16(14(29)30,15(31)32)11(5-7)18(22,23)24/h1-5,10H,(H,25,26)(H,27,28)(H,29,30)(H,31,32). The highest BCUT2D eigenvalue weighted by atomic mass is 19.4. The molecule has 1 aromatic carbocycles. The SMILES string of the molecule is O=C(O)c1cc(C2=CC(C(=O)O)C(C(=O)O)(C(=O)O)C(C(F)(F)F)=C2)cc(C(F)(F)F)c1. The number of aliphatic carboxylic acids is 3. The van der Waals surface area contributed by atoms with Crippen molar-refractivity contribution in [1.29, 1.82) is 0 Å². The van der Waals surface area contributed by atoms with Crippen molar-refractivity contribution < 1.29 is 65.9 Å². The molecule has 14 heteroatoms. The molecule has 1 aliphatic carbocycles. The van der Waals surface area contributed by atoms with Gasteiger partial charge in [0.05, 0.1) is 16.7 Å². The van der Waals surface area contributed by atoms with E-state index in [1.54, 1.807) is 0 Å². The van der Waals surface area contributed by atoms with Crippen molar-refractivity contribution in [1.82, 2.24) is 0 Å². The van der Waals surface area contributed by atoms with Crippen LogP contribution in [0.5, 0.6) is 0 Å². The summed E-state index contributed by atoms with van der Waals surface area (Å²) in [6.07, 6.45) is -10.8. The van der Waals surface area contributed by atoms with Gasteiger partial charge in [-0.2, -0.15) is 26.3 Å². The van der Waals surface area contributed by atoms with Crippen molar-refractivity contribution in [3.63, 3.8) is 0 Å². The highest BCUT2D eigenvalue weighted by molar-refractivity contribution is 6.08. The summed E-state index contributed by atoms with van der Waals surface area (Å²) < 4.78 is 80.4. The normalized spacial score (nSPS) is 18.4. The van der Waals surface area contributed by atoms with E-state index in [2.05, 4.69) is 0 Å². The maximum absolute atomic E-state index is 13.7. The van der Waals surface area contributed by atoms with Crippen molar-refractivity contribution in [2.75, 3.05) is 0 Å². The van der Waals surface area contributed by atoms with Gasteiger partial charge in [0, 0.05) is 0 Å². The van der Waals surface area contributed by atoms with Crippen molar-refractivity contribution in [2.24, 2.45) is 11.3 Å². The van der Waals surface area contributed by atoms with Gasteiger partial charge in [0.15, 0.2) is 0 Å². The average molecular weight is 468 g/mol. The average Bonchev–Trinajstić information content (AvgIpc) is 2.64. The molecule has 0 fully saturated rings. The molecule has 0 saturated heterocycles. The van der Waals surface area contributed by atoms with E-state index in [4.69, 9.17) is 5.11 Å². The molecule has 2 rings (SSSR count). The van der Waals surface area contributed by atoms with Gasteiger partial charge in [-0.3, -0.25) is 14.4 Å². The molecule has 0 saturated carbocycles. The van der Waals surface area contributed by atoms with Crippen LogP contribution in [0.4, 0.5) is 26.3 Å². The second-order valence-corrected chi connectivity index (χ2v) is 6.51. The molecule has 0 heterocycles. The molecule has 172 valence electrons. The quantitative estimate of drug-likeness (QED) is 0.380. The van der Waals surface area contributed by atoms with Gasteiger partial charge in [0.1, 0.15) is 5.92 Å². The van der Waals surface area contributed by atoms with Crippen molar-refractivity contribution in [3.8, 4) is 0 Å². The van der Waals surface area contributed by atoms with Crippen molar-refractivity contribution >= 4 is 29.5 Å². The van der Waals surface area contributed by atoms with Gasteiger partial charge in [-0.05, 0) is 35.4 Å². The van der Waals surface area contributed by atoms with Crippen LogP contribution in [0, 0.1) is 11.3 Å². The molecular weight excluding hydrogens is 458 g/mol. The maximum Gasteiger partial charge on any atom is 0.416 e. The zero-order chi connectivity index (χ0) is 24.8. The number of carbonyl (C=O) groups is 4. The van der Waals surface area contributed by atoms with E-state index in [-0.39, 0.29) is 24.3 Å². The molecule has 32 heavy (non-hydrogen) atoms. The van der Waals surface area contributed by atoms with Crippen LogP contribution < -0.4 is 0 Å². The van der Waals surface area contributed by atoms with Crippen LogP contribution in [-0.4, -0.2) is 50.5 Å². The number of carboxylic acids is 4. The Hall–Kier alpha value is -3.84. The third kappa shape index (κ3) is 4.02. The first kappa shape index (κ1) is 24.4. The Morgan fingerprint density at radius 1 is 0.812 bits per heavy atom. The molecule has 1 aliphatic rings. The minimum absolute atomic E-state index is 0.122. The second-order valence-electron chi connectivity index (χ2n) is 6.51. The van der Waals surface area contributed by atoms with Crippen LogP contribution in [0.2, 0.25) is 0 Å². The lowest BCUT2D eigenvalue weighted by Crippen LogP contribution is -2.53. The maximum atomic E-state index is 13.7. The minimum atomic E-state index is -5.73. The third-order valence-corrected chi connectivity index (χ3v) is 4.62. The Morgan fingerprint density at radius 3 is 1.72 bits per heavy atom. The zero-order valence-corrected chi connectivity index (χ0v) is 15.2. The monoisotopic (exact) mass is 468 g/mol. The largest absolute Gasteiger partial charge is 0.481 e. The van der Waals surface area contributed by atoms with Crippen LogP contribution in [0.15, 0.2) is 35.9 Å². The highest BCUT2D eigenvalue weighted by Gasteiger charge is 2.66. The molecule has 0 radical (unpaired) electrons. The number of alkyl halides is 6. The second kappa shape index (κ2) is 7.69. The topological polar surface area (TPSA) is 149 Å². The number of hydrogen-bond acceptors (Lipinski definition) is 4. The Kier molecular flexibility index (Phi) is 5.87. The van der Waals surface area contributed by atoms with E-state index in [9.17, 15) is 60.8 Å². The van der Waals surface area contributed by atoms with Gasteiger partial charge in [-0.1, -0.05) is 6.08 Å². The molecule has 0 aliphatic heterocycles. The number of rotatable bonds is 5. The summed E-state index contributed by atoms with van der Waals surface area (Å²) >= 11 is 0. The van der Waals surface area contributed by atoms with Gasteiger partial charge in [0.2, 0.25) is 5.41 Å². The van der Waals surface area contributed by atoms with Gasteiger partial charge >= 0.3 is 36.2 Å². The van der Waals surface area contributed by atoms with E-state index in [1.165, 1.54) is 0 Å². The van der Waals surface area contributed by atoms with E-state index in [1.807, 2.05) is 0 Å². The number of benzene rings is 1. The Balaban J connectivity index is 2.96. The lowest BCUT2D eigenvalue weighted by molar-refractivity contribution is -0.179. The van der Waals surface area contributed by atoms with Crippen LogP contribution in [0.3, 0.4) is 0 Å². The van der Waals surface area contributed by atoms with Gasteiger partial charge in [0.25, 0.3) is 0 Å². The van der Waals surface area contributed by atoms with Crippen molar-refractivity contribution in [3.05, 3.63) is 52.6 Å². The molecule has 8 nitrogen and oxygen atoms in total. The summed E-state index contributed by atoms with van der Waals surface area (Å²) in [6.45, 7) is 0. The van der Waals surface area contributed by atoms with E-state index >= 15 is 0 Å². The van der Waals surface area contributed by atoms with Crippen LogP contribution >= 0.6 is 0 Å². The van der Waals surface area contributed by atoms with Crippen LogP contribution in [-0.2, 0) is 20.6 Å². The number of carboxylic acid groups (broad SMARTS) is 4. The number of allylic oxidation sites excluding steroid dienone is 2. The molecule has 4 N–H and O–H groups in total. The van der Waals surface area contributed by atoms with Crippen LogP contribution in [0.25, 0.3) is 5.57 Å². The van der Waals surface area contributed by atoms with Gasteiger partial charge in [-0.15, -0.1) is 0 Å². The third-order valence-electron chi connectivity index (χ3n) is 4.62. The molecule has 0 amide bonds. The first-order chi connectivity index (χ1) is 14.4. The Bertz CT molecular complexity index is 1070. The molecular formula is C18H10F6O8. The van der Waals surface area contributed by atoms with E-state index in [0.717, 1.165) is 0 Å². The summed E-state index contributed by atoms with van der Waals surface area (Å²) in [4.78, 5) is 46.0. The summed E-state index contributed by atoms with van der Waals surface area (Å²) in [5.41, 5.74) is -10.9. The van der Waals surface area contributed by atoms with Crippen LogP contribution in [0.1, 0.15) is 21.5 Å². The van der Waals surface area contributed by atoms with Gasteiger partial charge < -0.3 is 20.4 Å². The molecule has 0 aromatic heterocycles. The Morgan fingerprint density at radius 2 is 1.34 bits per heavy atom. The zero-order valence-electron chi connectivity index (χ0n) is 15.2. The predicted molar refractivity (Wildman–Crippen MR) is 89.3 cm³/mol. The Labute approximate surface area is 172 Å². The summed E-state index contributed by atoms with van der Waals surface area (Å²) in [6, 6.07) is 0.897. The van der Waals surface area contributed by atoms with Gasteiger partial charge in [-0.25, -0.2) is 4.79 Å². The number of halogens is 6. The molecule has 1 atom stereocenters. The summed E-state index contributed by atoms with van der Waals surface area (Å²) in [7, 11) is 0. The number of aromatic carboxylic acids is 1. The predicted octanol–water partition coefficient (Wildman–Crippen LogP) is 3.15. The summed E-state index contributed by atoms with van der Waals surface area (Å²) in [5, 5.41) is 36.9. The molecule has 0 bridgehead atoms.